The van der Waals surface area contributed by atoms with Gasteiger partial charge in [-0.15, -0.1) is 0 Å². The van der Waals surface area contributed by atoms with Gasteiger partial charge >= 0.3 is 0 Å². The van der Waals surface area contributed by atoms with Gasteiger partial charge in [-0.25, -0.2) is 0 Å². The molecule has 0 aromatic carbocycles. The zero-order valence-corrected chi connectivity index (χ0v) is 6.23. The van der Waals surface area contributed by atoms with Gasteiger partial charge in [-0.3, -0.25) is 4.68 Å². The number of nitrogens with zero attached hydrogens (tertiary/aromatic N) is 2. The normalized spacial score (nSPS) is 8.25. The largest absolute Gasteiger partial charge is 0.276 e. The average Bonchev–Trinajstić information content (AvgIpc) is 1.87. The van der Waals surface area contributed by atoms with Gasteiger partial charge in [0.05, 0.1) is 5.69 Å². The fourth-order valence-electron chi connectivity index (χ4n) is 0.531. The molecule has 2 nitrogen and oxygen atoms in total. The van der Waals surface area contributed by atoms with E-state index in [0.29, 0.717) is 0 Å². The van der Waals surface area contributed by atoms with Gasteiger partial charge in [-0.1, -0.05) is 0 Å². The molecule has 1 rings (SSSR count). The van der Waals surface area contributed by atoms with Gasteiger partial charge in [0, 0.05) is 30.6 Å². The molecule has 0 aliphatic heterocycles. The maximum Gasteiger partial charge on any atom is 0.0593 e. The summed E-state index contributed by atoms with van der Waals surface area (Å²) in [6.45, 7) is 1.97. The van der Waals surface area contributed by atoms with Crippen LogP contribution in [0.15, 0.2) is 12.3 Å². The first-order valence-electron chi connectivity index (χ1n) is 2.25. The first-order valence-corrected chi connectivity index (χ1v) is 2.25. The predicted molar refractivity (Wildman–Crippen MR) is 27.9 cm³/mol. The Kier molecular flexibility index (Phi) is 2.82. The first kappa shape index (κ1) is 7.74. The summed E-state index contributed by atoms with van der Waals surface area (Å²) in [7, 11) is 1.91. The molecule has 3 heteroatoms. The monoisotopic (exact) mass is 148 g/mol. The number of rotatable bonds is 0. The quantitative estimate of drug-likeness (QED) is 0.530. The Morgan fingerprint density at radius 1 is 1.62 bits per heavy atom. The molecule has 1 aromatic rings. The van der Waals surface area contributed by atoms with Gasteiger partial charge in [0.15, 0.2) is 0 Å². The third-order valence-corrected chi connectivity index (χ3v) is 0.847. The summed E-state index contributed by atoms with van der Waals surface area (Å²) in [5.41, 5.74) is 1.07. The zero-order chi connectivity index (χ0) is 5.28. The van der Waals surface area contributed by atoms with Gasteiger partial charge in [-0.05, 0) is 13.0 Å². The molecule has 0 radical (unpaired) electrons. The molecular weight excluding hydrogens is 140 g/mol. The van der Waals surface area contributed by atoms with Crippen molar-refractivity contribution in [2.75, 3.05) is 0 Å². The van der Waals surface area contributed by atoms with E-state index in [0.717, 1.165) is 5.69 Å². The molecule has 0 bridgehead atoms. The maximum atomic E-state index is 4.03. The van der Waals surface area contributed by atoms with Crippen LogP contribution >= 0.6 is 0 Å². The molecule has 1 heterocycles. The fourth-order valence-corrected chi connectivity index (χ4v) is 0.531. The van der Waals surface area contributed by atoms with E-state index in [2.05, 4.69) is 5.10 Å². The van der Waals surface area contributed by atoms with Crippen LogP contribution in [0.2, 0.25) is 0 Å². The van der Waals surface area contributed by atoms with E-state index in [1.165, 1.54) is 0 Å². The molecule has 1 aromatic heterocycles. The van der Waals surface area contributed by atoms with Crippen molar-refractivity contribution in [3.8, 4) is 0 Å². The third-order valence-electron chi connectivity index (χ3n) is 0.847. The summed E-state index contributed by atoms with van der Waals surface area (Å²) >= 11 is 0. The molecule has 8 heavy (non-hydrogen) atoms. The van der Waals surface area contributed by atoms with E-state index in [-0.39, 0.29) is 17.4 Å². The molecule has 0 saturated heterocycles. The van der Waals surface area contributed by atoms with Crippen molar-refractivity contribution in [2.24, 2.45) is 7.05 Å². The van der Waals surface area contributed by atoms with E-state index in [1.54, 1.807) is 4.68 Å². The molecule has 0 spiro atoms. The number of aromatic nitrogens is 2. The van der Waals surface area contributed by atoms with Gasteiger partial charge in [-0.2, -0.15) is 5.10 Å². The summed E-state index contributed by atoms with van der Waals surface area (Å²) in [5, 5.41) is 4.03. The minimum atomic E-state index is 0. The van der Waals surface area contributed by atoms with E-state index in [1.807, 2.05) is 26.2 Å². The Balaban J connectivity index is 0.000000490. The molecule has 44 valence electrons. The van der Waals surface area contributed by atoms with Crippen LogP contribution in [0, 0.1) is 6.92 Å². The summed E-state index contributed by atoms with van der Waals surface area (Å²) in [6.07, 6.45) is 1.93. The topological polar surface area (TPSA) is 17.8 Å². The van der Waals surface area contributed by atoms with Crippen molar-refractivity contribution >= 4 is 0 Å². The summed E-state index contributed by atoms with van der Waals surface area (Å²) in [4.78, 5) is 0. The van der Waals surface area contributed by atoms with Crippen LogP contribution in [0.3, 0.4) is 0 Å². The van der Waals surface area contributed by atoms with E-state index in [4.69, 9.17) is 0 Å². The average molecular weight is 148 g/mol. The first-order chi connectivity index (χ1) is 3.29. The molecule has 0 aliphatic carbocycles. The molecule has 0 atom stereocenters. The number of aryl methyl sites for hydroxylation is 2. The summed E-state index contributed by atoms with van der Waals surface area (Å²) in [5.74, 6) is 0. The van der Waals surface area contributed by atoms with Crippen LogP contribution in [0.4, 0.5) is 0 Å². The van der Waals surface area contributed by atoms with Crippen molar-refractivity contribution in [3.05, 3.63) is 18.0 Å². The molecule has 0 saturated carbocycles. The molecule has 0 amide bonds. The Morgan fingerprint density at radius 3 is 2.38 bits per heavy atom. The predicted octanol–water partition coefficient (Wildman–Crippen LogP) is 0.726. The molecule has 0 unspecified atom stereocenters. The fraction of sp³-hybridized carbons (Fsp3) is 0.400. The summed E-state index contributed by atoms with van der Waals surface area (Å²) in [6, 6.07) is 1.97. The van der Waals surface area contributed by atoms with Crippen LogP contribution in [-0.2, 0) is 24.4 Å². The molecule has 0 fully saturated rings. The van der Waals surface area contributed by atoms with Gasteiger partial charge < -0.3 is 0 Å². The van der Waals surface area contributed by atoms with Gasteiger partial charge in [0.1, 0.15) is 0 Å². The minimum Gasteiger partial charge on any atom is -0.276 e. The van der Waals surface area contributed by atoms with Crippen LogP contribution in [-0.4, -0.2) is 9.78 Å². The van der Waals surface area contributed by atoms with Crippen LogP contribution < -0.4 is 0 Å². The number of hydrogen-bond donors (Lipinski definition) is 0. The smallest absolute Gasteiger partial charge is 0.0593 e. The van der Waals surface area contributed by atoms with E-state index >= 15 is 0 Å². The van der Waals surface area contributed by atoms with E-state index < -0.39 is 0 Å². The Labute approximate surface area is 59.6 Å². The van der Waals surface area contributed by atoms with Gasteiger partial charge in [0.25, 0.3) is 0 Å². The van der Waals surface area contributed by atoms with Gasteiger partial charge in [0.2, 0.25) is 0 Å². The molecule has 0 N–H and O–H groups in total. The zero-order valence-electron chi connectivity index (χ0n) is 4.96. The standard InChI is InChI=1S/C5H8N2.Cr/c1-5-3-4-7(2)6-5;/h3-4H,1-2H3;. The maximum absolute atomic E-state index is 4.03. The molecular formula is C5H8CrN2. The third kappa shape index (κ3) is 1.69. The Hall–Kier alpha value is -0.258. The second kappa shape index (κ2) is 2.91. The number of hydrogen-bond acceptors (Lipinski definition) is 1. The SMILES string of the molecule is Cc1ccn(C)n1.[Cr]. The Bertz CT molecular complexity index is 143. The van der Waals surface area contributed by atoms with Crippen LogP contribution in [0.1, 0.15) is 5.69 Å². The van der Waals surface area contributed by atoms with Crippen molar-refractivity contribution in [1.82, 2.24) is 9.78 Å². The second-order valence-electron chi connectivity index (χ2n) is 1.63. The van der Waals surface area contributed by atoms with Crippen molar-refractivity contribution < 1.29 is 17.4 Å². The van der Waals surface area contributed by atoms with Crippen LogP contribution in [0.25, 0.3) is 0 Å². The van der Waals surface area contributed by atoms with Crippen molar-refractivity contribution in [2.45, 2.75) is 6.92 Å². The molecule has 0 aliphatic rings. The minimum absolute atomic E-state index is 0. The second-order valence-corrected chi connectivity index (χ2v) is 1.63. The summed E-state index contributed by atoms with van der Waals surface area (Å²) < 4.78 is 1.79. The van der Waals surface area contributed by atoms with Crippen molar-refractivity contribution in [3.63, 3.8) is 0 Å². The van der Waals surface area contributed by atoms with E-state index in [9.17, 15) is 0 Å². The van der Waals surface area contributed by atoms with Crippen LogP contribution in [0.5, 0.6) is 0 Å². The Morgan fingerprint density at radius 2 is 2.25 bits per heavy atom. The van der Waals surface area contributed by atoms with Crippen molar-refractivity contribution in [1.29, 1.82) is 0 Å².